The summed E-state index contributed by atoms with van der Waals surface area (Å²) >= 11 is 0. The highest BCUT2D eigenvalue weighted by atomic mass is 19.3. The van der Waals surface area contributed by atoms with Gasteiger partial charge in [0.05, 0.1) is 0 Å². The first-order valence-corrected chi connectivity index (χ1v) is 6.40. The zero-order valence-electron chi connectivity index (χ0n) is 12.0. The second-order valence-corrected chi connectivity index (χ2v) is 4.44. The van der Waals surface area contributed by atoms with Gasteiger partial charge in [0.15, 0.2) is 0 Å². The number of aromatic nitrogens is 3. The van der Waals surface area contributed by atoms with Gasteiger partial charge in [-0.1, -0.05) is 12.1 Å². The van der Waals surface area contributed by atoms with Gasteiger partial charge in [-0.2, -0.15) is 13.8 Å². The van der Waals surface area contributed by atoms with Crippen LogP contribution in [0, 0.1) is 6.92 Å². The van der Waals surface area contributed by atoms with E-state index in [1.807, 2.05) is 0 Å². The predicted molar refractivity (Wildman–Crippen MR) is 74.7 cm³/mol. The summed E-state index contributed by atoms with van der Waals surface area (Å²) in [5.74, 6) is 0.885. The Labute approximate surface area is 125 Å². The third-order valence-corrected chi connectivity index (χ3v) is 2.78. The third-order valence-electron chi connectivity index (χ3n) is 2.78. The molecule has 22 heavy (non-hydrogen) atoms. The van der Waals surface area contributed by atoms with Crippen LogP contribution in [0.25, 0.3) is 0 Å². The molecular formula is C13H15F2N5O2. The van der Waals surface area contributed by atoms with E-state index in [2.05, 4.69) is 25.5 Å². The largest absolute Gasteiger partial charge is 0.435 e. The topological polar surface area (TPSA) is 81.1 Å². The second-order valence-electron chi connectivity index (χ2n) is 4.44. The third kappa shape index (κ3) is 4.40. The Morgan fingerprint density at radius 3 is 2.86 bits per heavy atom. The summed E-state index contributed by atoms with van der Waals surface area (Å²) in [6.45, 7) is -0.979. The van der Waals surface area contributed by atoms with Crippen molar-refractivity contribution in [3.8, 4) is 5.75 Å². The Balaban J connectivity index is 1.88. The van der Waals surface area contributed by atoms with Gasteiger partial charge in [-0.05, 0) is 24.6 Å². The number of nitrogens with one attached hydrogen (secondary N) is 2. The number of anilines is 1. The van der Waals surface area contributed by atoms with Crippen LogP contribution in [-0.2, 0) is 13.6 Å². The van der Waals surface area contributed by atoms with Crippen LogP contribution in [0.1, 0.15) is 11.4 Å². The van der Waals surface area contributed by atoms with Crippen LogP contribution in [0.15, 0.2) is 24.3 Å². The molecule has 0 bridgehead atoms. The van der Waals surface area contributed by atoms with Gasteiger partial charge in [0.1, 0.15) is 11.6 Å². The van der Waals surface area contributed by atoms with E-state index in [0.29, 0.717) is 11.4 Å². The molecule has 2 aromatic rings. The molecule has 1 aromatic carbocycles. The van der Waals surface area contributed by atoms with E-state index in [0.717, 1.165) is 0 Å². The number of carbonyl (C=O) groups excluding carboxylic acids is 1. The number of hydrogen-bond donors (Lipinski definition) is 2. The molecule has 0 unspecified atom stereocenters. The number of nitrogens with zero attached hydrogens (tertiary/aromatic N) is 3. The first-order chi connectivity index (χ1) is 10.4. The molecule has 0 aliphatic rings. The molecule has 0 atom stereocenters. The lowest BCUT2D eigenvalue weighted by Crippen LogP contribution is -2.28. The fraction of sp³-hybridized carbons (Fsp3) is 0.308. The minimum atomic E-state index is -2.88. The number of ether oxygens (including phenoxy) is 1. The van der Waals surface area contributed by atoms with Gasteiger partial charge in [0.25, 0.3) is 0 Å². The molecule has 9 heteroatoms. The van der Waals surface area contributed by atoms with Gasteiger partial charge >= 0.3 is 12.6 Å². The summed E-state index contributed by atoms with van der Waals surface area (Å²) in [7, 11) is 1.71. The quantitative estimate of drug-likeness (QED) is 0.885. The van der Waals surface area contributed by atoms with Crippen molar-refractivity contribution in [2.45, 2.75) is 20.1 Å². The molecule has 118 valence electrons. The number of halogens is 2. The molecule has 0 fully saturated rings. The lowest BCUT2D eigenvalue weighted by atomic mass is 10.2. The van der Waals surface area contributed by atoms with E-state index in [-0.39, 0.29) is 18.2 Å². The summed E-state index contributed by atoms with van der Waals surface area (Å²) in [5.41, 5.74) is 0.624. The van der Waals surface area contributed by atoms with Gasteiger partial charge in [0.2, 0.25) is 5.95 Å². The molecule has 0 aliphatic heterocycles. The number of amides is 2. The Morgan fingerprint density at radius 1 is 1.45 bits per heavy atom. The number of benzene rings is 1. The minimum absolute atomic E-state index is 0.0386. The van der Waals surface area contributed by atoms with Gasteiger partial charge in [-0.25, -0.2) is 4.79 Å². The zero-order valence-corrected chi connectivity index (χ0v) is 12.0. The summed E-state index contributed by atoms with van der Waals surface area (Å²) < 4.78 is 30.1. The van der Waals surface area contributed by atoms with E-state index in [1.165, 1.54) is 16.8 Å². The summed E-state index contributed by atoms with van der Waals surface area (Å²) in [6, 6.07) is 5.59. The fourth-order valence-electron chi connectivity index (χ4n) is 1.68. The van der Waals surface area contributed by atoms with Gasteiger partial charge < -0.3 is 10.1 Å². The molecule has 0 spiro atoms. The van der Waals surface area contributed by atoms with E-state index in [4.69, 9.17) is 0 Å². The molecule has 2 N–H and O–H groups in total. The van der Waals surface area contributed by atoms with Crippen molar-refractivity contribution in [1.29, 1.82) is 0 Å². The first kappa shape index (κ1) is 15.7. The number of alkyl halides is 2. The molecule has 2 rings (SSSR count). The summed E-state index contributed by atoms with van der Waals surface area (Å²) in [6.07, 6.45) is 0. The number of aryl methyl sites for hydroxylation is 2. The maximum absolute atomic E-state index is 12.1. The molecule has 7 nitrogen and oxygen atoms in total. The zero-order chi connectivity index (χ0) is 16.1. The van der Waals surface area contributed by atoms with Crippen LogP contribution in [0.2, 0.25) is 0 Å². The molecule has 2 amide bonds. The molecule has 1 aromatic heterocycles. The average Bonchev–Trinajstić information content (AvgIpc) is 2.74. The molecule has 0 saturated carbocycles. The van der Waals surface area contributed by atoms with E-state index in [1.54, 1.807) is 26.1 Å². The molecular weight excluding hydrogens is 296 g/mol. The Morgan fingerprint density at radius 2 is 2.23 bits per heavy atom. The lowest BCUT2D eigenvalue weighted by Gasteiger charge is -2.08. The van der Waals surface area contributed by atoms with Crippen molar-refractivity contribution in [2.75, 3.05) is 5.32 Å². The number of carbonyl (C=O) groups is 1. The maximum Gasteiger partial charge on any atom is 0.387 e. The van der Waals surface area contributed by atoms with Crippen LogP contribution >= 0.6 is 0 Å². The van der Waals surface area contributed by atoms with Gasteiger partial charge in [-0.15, -0.1) is 5.10 Å². The predicted octanol–water partition coefficient (Wildman–Crippen LogP) is 2.05. The van der Waals surface area contributed by atoms with Gasteiger partial charge in [-0.3, -0.25) is 10.00 Å². The van der Waals surface area contributed by atoms with Crippen LogP contribution < -0.4 is 15.4 Å². The van der Waals surface area contributed by atoms with Crippen LogP contribution in [-0.4, -0.2) is 27.4 Å². The molecule has 0 saturated heterocycles. The van der Waals surface area contributed by atoms with Crippen molar-refractivity contribution in [2.24, 2.45) is 7.05 Å². The van der Waals surface area contributed by atoms with Crippen molar-refractivity contribution in [1.82, 2.24) is 20.1 Å². The van der Waals surface area contributed by atoms with E-state index >= 15 is 0 Å². The standard InChI is InChI=1S/C13H15F2N5O2/c1-8-17-12(19-20(8)2)18-13(21)16-7-9-4-3-5-10(6-9)22-11(14)15/h3-6,11H,7H2,1-2H3,(H2,16,18,19,21). The van der Waals surface area contributed by atoms with Crippen LogP contribution in [0.5, 0.6) is 5.75 Å². The Bertz CT molecular complexity index is 640. The van der Waals surface area contributed by atoms with Crippen LogP contribution in [0.4, 0.5) is 19.5 Å². The molecule has 1 heterocycles. The number of hydrogen-bond acceptors (Lipinski definition) is 4. The lowest BCUT2D eigenvalue weighted by molar-refractivity contribution is -0.0498. The summed E-state index contributed by atoms with van der Waals surface area (Å²) in [5, 5.41) is 9.03. The number of urea groups is 1. The van der Waals surface area contributed by atoms with Crippen molar-refractivity contribution in [3.63, 3.8) is 0 Å². The van der Waals surface area contributed by atoms with Crippen LogP contribution in [0.3, 0.4) is 0 Å². The first-order valence-electron chi connectivity index (χ1n) is 6.40. The van der Waals surface area contributed by atoms with Crippen molar-refractivity contribution >= 4 is 12.0 Å². The highest BCUT2D eigenvalue weighted by Gasteiger charge is 2.08. The smallest absolute Gasteiger partial charge is 0.387 e. The highest BCUT2D eigenvalue weighted by molar-refractivity contribution is 5.87. The second kappa shape index (κ2) is 6.83. The average molecular weight is 311 g/mol. The molecule has 0 aliphatic carbocycles. The summed E-state index contributed by atoms with van der Waals surface area (Å²) in [4.78, 5) is 15.7. The highest BCUT2D eigenvalue weighted by Crippen LogP contribution is 2.15. The number of rotatable bonds is 5. The normalized spacial score (nSPS) is 10.6. The van der Waals surface area contributed by atoms with Crippen molar-refractivity contribution in [3.05, 3.63) is 35.7 Å². The van der Waals surface area contributed by atoms with Crippen molar-refractivity contribution < 1.29 is 18.3 Å². The molecule has 0 radical (unpaired) electrons. The SMILES string of the molecule is Cc1nc(NC(=O)NCc2cccc(OC(F)F)c2)nn1C. The Kier molecular flexibility index (Phi) is 4.87. The monoisotopic (exact) mass is 311 g/mol. The van der Waals surface area contributed by atoms with E-state index < -0.39 is 12.6 Å². The fourth-order valence-corrected chi connectivity index (χ4v) is 1.68. The van der Waals surface area contributed by atoms with E-state index in [9.17, 15) is 13.6 Å². The minimum Gasteiger partial charge on any atom is -0.435 e. The maximum atomic E-state index is 12.1. The Hall–Kier alpha value is -2.71. The van der Waals surface area contributed by atoms with Gasteiger partial charge in [0, 0.05) is 13.6 Å².